The topological polar surface area (TPSA) is 37.4 Å². The van der Waals surface area contributed by atoms with Crippen LogP contribution in [0.15, 0.2) is 40.6 Å². The van der Waals surface area contributed by atoms with Gasteiger partial charge in [0.05, 0.1) is 16.8 Å². The van der Waals surface area contributed by atoms with E-state index in [1.807, 2.05) is 24.4 Å². The zero-order valence-corrected chi connectivity index (χ0v) is 14.0. The molecule has 0 saturated carbocycles. The minimum absolute atomic E-state index is 0.0467. The highest BCUT2D eigenvalue weighted by molar-refractivity contribution is 7.89. The van der Waals surface area contributed by atoms with Crippen molar-refractivity contribution in [2.24, 2.45) is 0 Å². The van der Waals surface area contributed by atoms with E-state index < -0.39 is 15.8 Å². The Morgan fingerprint density at radius 3 is 2.67 bits per heavy atom. The SMILES string of the molecule is CC(c1cccs1)N(C)S(=O)(=O)c1ccc(F)c(CCl)c1. The molecule has 21 heavy (non-hydrogen) atoms. The third-order valence-electron chi connectivity index (χ3n) is 3.34. The molecule has 1 heterocycles. The van der Waals surface area contributed by atoms with Gasteiger partial charge in [-0.2, -0.15) is 4.31 Å². The number of rotatable bonds is 5. The summed E-state index contributed by atoms with van der Waals surface area (Å²) < 4.78 is 40.0. The summed E-state index contributed by atoms with van der Waals surface area (Å²) in [7, 11) is -2.18. The van der Waals surface area contributed by atoms with Crippen molar-refractivity contribution in [2.45, 2.75) is 23.7 Å². The van der Waals surface area contributed by atoms with Gasteiger partial charge in [-0.3, -0.25) is 0 Å². The molecular weight excluding hydrogens is 333 g/mol. The summed E-state index contributed by atoms with van der Waals surface area (Å²) in [5, 5.41) is 1.90. The molecule has 7 heteroatoms. The van der Waals surface area contributed by atoms with E-state index in [1.165, 1.54) is 34.8 Å². The monoisotopic (exact) mass is 347 g/mol. The van der Waals surface area contributed by atoms with Crippen LogP contribution in [0.1, 0.15) is 23.4 Å². The standard InChI is InChI=1S/C14H15ClFNO2S2/c1-10(14-4-3-7-20-14)17(2)21(18,19)12-5-6-13(16)11(8-12)9-15/h3-8,10H,9H2,1-2H3. The molecule has 0 fully saturated rings. The summed E-state index contributed by atoms with van der Waals surface area (Å²) in [6, 6.07) is 7.15. The van der Waals surface area contributed by atoms with E-state index in [1.54, 1.807) is 0 Å². The number of sulfonamides is 1. The third kappa shape index (κ3) is 3.29. The first-order valence-electron chi connectivity index (χ1n) is 6.23. The summed E-state index contributed by atoms with van der Waals surface area (Å²) in [5.41, 5.74) is 0.176. The Bertz CT molecular complexity index is 717. The summed E-state index contributed by atoms with van der Waals surface area (Å²) in [6.07, 6.45) is 0. The van der Waals surface area contributed by atoms with Crippen LogP contribution in [0.4, 0.5) is 4.39 Å². The maximum absolute atomic E-state index is 13.4. The largest absolute Gasteiger partial charge is 0.243 e. The van der Waals surface area contributed by atoms with Crippen molar-refractivity contribution in [1.29, 1.82) is 0 Å². The highest BCUT2D eigenvalue weighted by Crippen LogP contribution is 2.29. The number of halogens is 2. The van der Waals surface area contributed by atoms with Crippen molar-refractivity contribution in [1.82, 2.24) is 4.31 Å². The van der Waals surface area contributed by atoms with Crippen LogP contribution in [-0.4, -0.2) is 19.8 Å². The molecular formula is C14H15ClFNO2S2. The second-order valence-corrected chi connectivity index (χ2v) is 7.84. The summed E-state index contributed by atoms with van der Waals surface area (Å²) in [5.74, 6) is -0.572. The Morgan fingerprint density at radius 1 is 1.38 bits per heavy atom. The van der Waals surface area contributed by atoms with E-state index in [9.17, 15) is 12.8 Å². The second-order valence-electron chi connectivity index (χ2n) is 4.60. The smallest absolute Gasteiger partial charge is 0.207 e. The zero-order chi connectivity index (χ0) is 15.6. The van der Waals surface area contributed by atoms with Crippen molar-refractivity contribution < 1.29 is 12.8 Å². The van der Waals surface area contributed by atoms with Gasteiger partial charge in [-0.25, -0.2) is 12.8 Å². The van der Waals surface area contributed by atoms with Crippen LogP contribution in [0.25, 0.3) is 0 Å². The van der Waals surface area contributed by atoms with Crippen LogP contribution in [-0.2, 0) is 15.9 Å². The summed E-state index contributed by atoms with van der Waals surface area (Å²) in [6.45, 7) is 1.81. The van der Waals surface area contributed by atoms with Gasteiger partial charge in [0.1, 0.15) is 5.82 Å². The Morgan fingerprint density at radius 2 is 2.10 bits per heavy atom. The normalized spacial score (nSPS) is 13.6. The molecule has 2 aromatic rings. The van der Waals surface area contributed by atoms with E-state index >= 15 is 0 Å². The maximum Gasteiger partial charge on any atom is 0.243 e. The first-order chi connectivity index (χ1) is 9.87. The fraction of sp³-hybridized carbons (Fsp3) is 0.286. The van der Waals surface area contributed by atoms with Crippen LogP contribution in [0.2, 0.25) is 0 Å². The van der Waals surface area contributed by atoms with Gasteiger partial charge in [0.2, 0.25) is 10.0 Å². The number of thiophene rings is 1. The molecule has 0 amide bonds. The lowest BCUT2D eigenvalue weighted by Gasteiger charge is -2.23. The molecule has 0 radical (unpaired) electrons. The van der Waals surface area contributed by atoms with Crippen LogP contribution in [0, 0.1) is 5.82 Å². The van der Waals surface area contributed by atoms with Crippen LogP contribution in [0.5, 0.6) is 0 Å². The fourth-order valence-corrected chi connectivity index (χ4v) is 4.39. The van der Waals surface area contributed by atoms with Crippen molar-refractivity contribution in [3.63, 3.8) is 0 Å². The predicted molar refractivity (Wildman–Crippen MR) is 83.6 cm³/mol. The van der Waals surface area contributed by atoms with E-state index in [4.69, 9.17) is 11.6 Å². The molecule has 0 aliphatic carbocycles. The number of hydrogen-bond donors (Lipinski definition) is 0. The van der Waals surface area contributed by atoms with Gasteiger partial charge in [-0.15, -0.1) is 22.9 Å². The first kappa shape index (κ1) is 16.4. The Balaban J connectivity index is 2.37. The first-order valence-corrected chi connectivity index (χ1v) is 9.09. The number of hydrogen-bond acceptors (Lipinski definition) is 3. The number of nitrogens with zero attached hydrogens (tertiary/aromatic N) is 1. The predicted octanol–water partition coefficient (Wildman–Crippen LogP) is 4.01. The molecule has 0 saturated heterocycles. The quantitative estimate of drug-likeness (QED) is 0.766. The molecule has 1 unspecified atom stereocenters. The van der Waals surface area contributed by atoms with Gasteiger partial charge in [-0.05, 0) is 36.6 Å². The average Bonchev–Trinajstić information content (AvgIpc) is 3.00. The van der Waals surface area contributed by atoms with E-state index in [2.05, 4.69) is 0 Å². The molecule has 0 bridgehead atoms. The van der Waals surface area contributed by atoms with Gasteiger partial charge in [0.15, 0.2) is 0 Å². The van der Waals surface area contributed by atoms with Gasteiger partial charge in [0, 0.05) is 17.5 Å². The molecule has 0 aliphatic heterocycles. The molecule has 2 rings (SSSR count). The molecule has 1 aromatic carbocycles. The van der Waals surface area contributed by atoms with Crippen molar-refractivity contribution >= 4 is 33.0 Å². The van der Waals surface area contributed by atoms with E-state index in [0.717, 1.165) is 10.9 Å². The third-order valence-corrected chi connectivity index (χ3v) is 6.59. The lowest BCUT2D eigenvalue weighted by atomic mass is 10.2. The van der Waals surface area contributed by atoms with Gasteiger partial charge in [-0.1, -0.05) is 6.07 Å². The maximum atomic E-state index is 13.4. The fourth-order valence-electron chi connectivity index (χ4n) is 1.90. The molecule has 0 N–H and O–H groups in total. The highest BCUT2D eigenvalue weighted by Gasteiger charge is 2.27. The molecule has 114 valence electrons. The summed E-state index contributed by atoms with van der Waals surface area (Å²) in [4.78, 5) is 0.992. The minimum atomic E-state index is -3.70. The minimum Gasteiger partial charge on any atom is -0.207 e. The molecule has 0 aliphatic rings. The molecule has 3 nitrogen and oxygen atoms in total. The van der Waals surface area contributed by atoms with Crippen molar-refractivity contribution in [2.75, 3.05) is 7.05 Å². The number of alkyl halides is 1. The molecule has 1 atom stereocenters. The Kier molecular flexibility index (Phi) is 5.03. The molecule has 1 aromatic heterocycles. The summed E-state index contributed by atoms with van der Waals surface area (Å²) >= 11 is 7.12. The Labute approximate surface area is 133 Å². The van der Waals surface area contributed by atoms with E-state index in [-0.39, 0.29) is 22.4 Å². The van der Waals surface area contributed by atoms with Gasteiger partial charge < -0.3 is 0 Å². The lowest BCUT2D eigenvalue weighted by molar-refractivity contribution is 0.402. The van der Waals surface area contributed by atoms with Gasteiger partial charge in [0.25, 0.3) is 0 Å². The van der Waals surface area contributed by atoms with E-state index in [0.29, 0.717) is 0 Å². The second kappa shape index (κ2) is 6.44. The average molecular weight is 348 g/mol. The highest BCUT2D eigenvalue weighted by atomic mass is 35.5. The lowest BCUT2D eigenvalue weighted by Crippen LogP contribution is -2.29. The van der Waals surface area contributed by atoms with Gasteiger partial charge >= 0.3 is 0 Å². The number of benzene rings is 1. The van der Waals surface area contributed by atoms with Crippen LogP contribution in [0.3, 0.4) is 0 Å². The van der Waals surface area contributed by atoms with Crippen LogP contribution >= 0.6 is 22.9 Å². The van der Waals surface area contributed by atoms with Crippen molar-refractivity contribution in [3.05, 3.63) is 52.0 Å². The molecule has 0 spiro atoms. The van der Waals surface area contributed by atoms with Crippen molar-refractivity contribution in [3.8, 4) is 0 Å². The zero-order valence-electron chi connectivity index (χ0n) is 11.6. The Hall–Kier alpha value is -0.950. The van der Waals surface area contributed by atoms with Crippen LogP contribution < -0.4 is 0 Å².